The zero-order chi connectivity index (χ0) is 17.8. The molecule has 0 aliphatic heterocycles. The molecule has 0 bridgehead atoms. The van der Waals surface area contributed by atoms with Crippen molar-refractivity contribution in [2.45, 2.75) is 33.4 Å². The highest BCUT2D eigenvalue weighted by molar-refractivity contribution is 14.0. The molecule has 0 aliphatic carbocycles. The third-order valence-corrected chi connectivity index (χ3v) is 2.89. The lowest BCUT2D eigenvalue weighted by Gasteiger charge is -2.13. The maximum Gasteiger partial charge on any atom is 0.387 e. The Morgan fingerprint density at radius 2 is 2.08 bits per heavy atom. The molecule has 1 rings (SSSR count). The quantitative estimate of drug-likeness (QED) is 0.236. The van der Waals surface area contributed by atoms with Crippen molar-refractivity contribution >= 4 is 29.9 Å². The average Bonchev–Trinajstić information content (AvgIpc) is 2.56. The van der Waals surface area contributed by atoms with Crippen molar-refractivity contribution in [3.8, 4) is 11.5 Å². The van der Waals surface area contributed by atoms with E-state index < -0.39 is 6.61 Å². The van der Waals surface area contributed by atoms with E-state index in [1.165, 1.54) is 6.07 Å². The molecular weight excluding hydrogens is 443 g/mol. The second kappa shape index (κ2) is 13.7. The number of hydrogen-bond donors (Lipinski definition) is 2. The fourth-order valence-electron chi connectivity index (χ4n) is 1.86. The molecule has 0 aromatic heterocycles. The second-order valence-electron chi connectivity index (χ2n) is 4.86. The molecule has 0 saturated carbocycles. The number of aliphatic imine (C=N–C) groups is 1. The molecule has 25 heavy (non-hydrogen) atoms. The van der Waals surface area contributed by atoms with Gasteiger partial charge < -0.3 is 20.1 Å². The summed E-state index contributed by atoms with van der Waals surface area (Å²) in [5.41, 5.74) is 0.551. The van der Waals surface area contributed by atoms with Gasteiger partial charge in [-0.25, -0.2) is 4.99 Å². The molecule has 5 nitrogen and oxygen atoms in total. The normalized spacial score (nSPS) is 10.8. The number of nitrogens with zero attached hydrogens (tertiary/aromatic N) is 1. The SMILES string of the molecule is C=CCNC(=NCc1ccc(OCCC)cc1OC(F)F)NCC.I. The largest absolute Gasteiger partial charge is 0.493 e. The minimum atomic E-state index is -2.90. The Balaban J connectivity index is 0.00000576. The first-order valence-electron chi connectivity index (χ1n) is 7.94. The van der Waals surface area contributed by atoms with E-state index in [-0.39, 0.29) is 36.3 Å². The smallest absolute Gasteiger partial charge is 0.387 e. The van der Waals surface area contributed by atoms with Gasteiger partial charge in [0.25, 0.3) is 0 Å². The second-order valence-corrected chi connectivity index (χ2v) is 4.86. The van der Waals surface area contributed by atoms with Gasteiger partial charge >= 0.3 is 6.61 Å². The van der Waals surface area contributed by atoms with Crippen molar-refractivity contribution in [2.75, 3.05) is 19.7 Å². The van der Waals surface area contributed by atoms with Gasteiger partial charge in [-0.15, -0.1) is 30.6 Å². The van der Waals surface area contributed by atoms with Crippen molar-refractivity contribution < 1.29 is 18.3 Å². The lowest BCUT2D eigenvalue weighted by molar-refractivity contribution is -0.0505. The molecule has 0 aliphatic rings. The summed E-state index contributed by atoms with van der Waals surface area (Å²) in [6.07, 6.45) is 2.54. The van der Waals surface area contributed by atoms with E-state index in [9.17, 15) is 8.78 Å². The minimum Gasteiger partial charge on any atom is -0.493 e. The highest BCUT2D eigenvalue weighted by Gasteiger charge is 2.11. The zero-order valence-corrected chi connectivity index (χ0v) is 16.9. The van der Waals surface area contributed by atoms with Crippen LogP contribution in [0.2, 0.25) is 0 Å². The van der Waals surface area contributed by atoms with Crippen LogP contribution in [0, 0.1) is 0 Å². The van der Waals surface area contributed by atoms with E-state index in [0.29, 0.717) is 37.0 Å². The van der Waals surface area contributed by atoms with E-state index >= 15 is 0 Å². The Kier molecular flexibility index (Phi) is 12.8. The molecule has 142 valence electrons. The minimum absolute atomic E-state index is 0. The van der Waals surface area contributed by atoms with Gasteiger partial charge in [0.15, 0.2) is 5.96 Å². The molecule has 8 heteroatoms. The first kappa shape index (κ1) is 23.4. The Hall–Kier alpha value is -1.58. The summed E-state index contributed by atoms with van der Waals surface area (Å²) in [6, 6.07) is 4.88. The van der Waals surface area contributed by atoms with Crippen molar-refractivity contribution in [2.24, 2.45) is 4.99 Å². The first-order valence-corrected chi connectivity index (χ1v) is 7.94. The summed E-state index contributed by atoms with van der Waals surface area (Å²) >= 11 is 0. The maximum atomic E-state index is 12.6. The van der Waals surface area contributed by atoms with Gasteiger partial charge in [0.1, 0.15) is 11.5 Å². The average molecular weight is 469 g/mol. The van der Waals surface area contributed by atoms with Crippen LogP contribution < -0.4 is 20.1 Å². The van der Waals surface area contributed by atoms with Crippen molar-refractivity contribution in [3.05, 3.63) is 36.4 Å². The molecule has 0 amide bonds. The third-order valence-electron chi connectivity index (χ3n) is 2.89. The Bertz CT molecular complexity index is 543. The summed E-state index contributed by atoms with van der Waals surface area (Å²) in [4.78, 5) is 4.36. The van der Waals surface area contributed by atoms with Gasteiger partial charge in [-0.05, 0) is 25.5 Å². The molecule has 0 unspecified atom stereocenters. The summed E-state index contributed by atoms with van der Waals surface area (Å²) in [5.74, 6) is 1.14. The van der Waals surface area contributed by atoms with Gasteiger partial charge in [-0.1, -0.05) is 13.0 Å². The van der Waals surface area contributed by atoms with Gasteiger partial charge in [0, 0.05) is 24.7 Å². The third kappa shape index (κ3) is 9.47. The van der Waals surface area contributed by atoms with Gasteiger partial charge in [0.2, 0.25) is 0 Å². The summed E-state index contributed by atoms with van der Waals surface area (Å²) in [6.45, 7) is 6.59. The molecule has 0 saturated heterocycles. The fourth-order valence-corrected chi connectivity index (χ4v) is 1.86. The molecule has 0 spiro atoms. The van der Waals surface area contributed by atoms with Crippen LogP contribution in [-0.2, 0) is 6.54 Å². The van der Waals surface area contributed by atoms with Gasteiger partial charge in [-0.3, -0.25) is 0 Å². The molecule has 1 aromatic rings. The lowest BCUT2D eigenvalue weighted by Crippen LogP contribution is -2.37. The van der Waals surface area contributed by atoms with E-state index in [4.69, 9.17) is 4.74 Å². The molecule has 1 aromatic carbocycles. The molecule has 0 radical (unpaired) electrons. The Labute approximate surface area is 164 Å². The topological polar surface area (TPSA) is 54.9 Å². The number of ether oxygens (including phenoxy) is 2. The first-order chi connectivity index (χ1) is 11.6. The van der Waals surface area contributed by atoms with Crippen LogP contribution in [0.15, 0.2) is 35.8 Å². The van der Waals surface area contributed by atoms with Crippen molar-refractivity contribution in [1.82, 2.24) is 10.6 Å². The number of hydrogen-bond acceptors (Lipinski definition) is 3. The number of rotatable bonds is 10. The van der Waals surface area contributed by atoms with E-state index in [1.54, 1.807) is 18.2 Å². The predicted octanol–water partition coefficient (Wildman–Crippen LogP) is 3.94. The summed E-state index contributed by atoms with van der Waals surface area (Å²) in [5, 5.41) is 6.11. The summed E-state index contributed by atoms with van der Waals surface area (Å²) < 4.78 is 35.3. The number of nitrogens with one attached hydrogen (secondary N) is 2. The Morgan fingerprint density at radius 3 is 2.68 bits per heavy atom. The summed E-state index contributed by atoms with van der Waals surface area (Å²) in [7, 11) is 0. The van der Waals surface area contributed by atoms with Crippen molar-refractivity contribution in [1.29, 1.82) is 0 Å². The van der Waals surface area contributed by atoms with E-state index in [2.05, 4.69) is 26.9 Å². The van der Waals surface area contributed by atoms with E-state index in [0.717, 1.165) is 6.42 Å². The standard InChI is InChI=1S/C17H25F2N3O2.HI/c1-4-9-21-17(20-6-3)22-12-13-7-8-14(23-10-5-2)11-15(13)24-16(18)19;/h4,7-8,11,16H,1,5-6,9-10,12H2,2-3H3,(H2,20,21,22);1H. The van der Waals surface area contributed by atoms with Crippen LogP contribution in [0.1, 0.15) is 25.8 Å². The molecule has 2 N–H and O–H groups in total. The Morgan fingerprint density at radius 1 is 1.32 bits per heavy atom. The van der Waals surface area contributed by atoms with E-state index in [1.807, 2.05) is 13.8 Å². The molecule has 0 heterocycles. The number of alkyl halides is 2. The van der Waals surface area contributed by atoms with Crippen LogP contribution >= 0.6 is 24.0 Å². The van der Waals surface area contributed by atoms with Crippen LogP contribution in [0.3, 0.4) is 0 Å². The monoisotopic (exact) mass is 469 g/mol. The molecular formula is C17H26F2IN3O2. The highest BCUT2D eigenvalue weighted by Crippen LogP contribution is 2.27. The van der Waals surface area contributed by atoms with Gasteiger partial charge in [0.05, 0.1) is 13.2 Å². The van der Waals surface area contributed by atoms with Gasteiger partial charge in [-0.2, -0.15) is 8.78 Å². The number of guanidine groups is 1. The molecule has 0 atom stereocenters. The lowest BCUT2D eigenvalue weighted by atomic mass is 10.2. The van der Waals surface area contributed by atoms with Crippen LogP contribution in [-0.4, -0.2) is 32.3 Å². The van der Waals surface area contributed by atoms with Crippen LogP contribution in [0.4, 0.5) is 8.78 Å². The van der Waals surface area contributed by atoms with Crippen molar-refractivity contribution in [3.63, 3.8) is 0 Å². The highest BCUT2D eigenvalue weighted by atomic mass is 127. The molecule has 0 fully saturated rings. The fraction of sp³-hybridized carbons (Fsp3) is 0.471. The van der Waals surface area contributed by atoms with Crippen LogP contribution in [0.5, 0.6) is 11.5 Å². The zero-order valence-electron chi connectivity index (χ0n) is 14.6. The predicted molar refractivity (Wildman–Crippen MR) is 107 cm³/mol. The maximum absolute atomic E-state index is 12.6. The number of benzene rings is 1. The number of halogens is 3. The van der Waals surface area contributed by atoms with Crippen LogP contribution in [0.25, 0.3) is 0 Å².